The first-order chi connectivity index (χ1) is 9.11. The van der Waals surface area contributed by atoms with E-state index in [9.17, 15) is 13.6 Å². The highest BCUT2D eigenvalue weighted by Gasteiger charge is 2.30. The molecule has 1 atom stereocenters. The zero-order chi connectivity index (χ0) is 13.8. The molecule has 0 amide bonds. The van der Waals surface area contributed by atoms with Crippen molar-refractivity contribution in [3.05, 3.63) is 35.4 Å². The maximum absolute atomic E-state index is 12.5. The van der Waals surface area contributed by atoms with Gasteiger partial charge in [-0.3, -0.25) is 5.32 Å². The molecule has 0 bridgehead atoms. The number of halogens is 2. The lowest BCUT2D eigenvalue weighted by Crippen LogP contribution is -2.31. The minimum Gasteiger partial charge on any atom is -0.465 e. The molecule has 104 valence electrons. The van der Waals surface area contributed by atoms with E-state index in [1.165, 1.54) is 12.1 Å². The van der Waals surface area contributed by atoms with Gasteiger partial charge in [-0.1, -0.05) is 24.3 Å². The quantitative estimate of drug-likeness (QED) is 0.807. The van der Waals surface area contributed by atoms with Gasteiger partial charge in [0.05, 0.1) is 6.61 Å². The van der Waals surface area contributed by atoms with Gasteiger partial charge in [-0.15, -0.1) is 0 Å². The van der Waals surface area contributed by atoms with Gasteiger partial charge in [-0.2, -0.15) is 0 Å². The van der Waals surface area contributed by atoms with Gasteiger partial charge >= 0.3 is 5.97 Å². The number of rotatable bonds is 6. The van der Waals surface area contributed by atoms with Crippen molar-refractivity contribution in [3.8, 4) is 0 Å². The Balaban J connectivity index is 2.13. The van der Waals surface area contributed by atoms with Crippen molar-refractivity contribution in [1.29, 1.82) is 0 Å². The van der Waals surface area contributed by atoms with Crippen molar-refractivity contribution in [1.82, 2.24) is 5.32 Å². The second-order valence-corrected chi connectivity index (χ2v) is 4.59. The summed E-state index contributed by atoms with van der Waals surface area (Å²) in [6, 6.07) is 5.56. The summed E-state index contributed by atoms with van der Waals surface area (Å²) in [5.74, 6) is -0.362. The molecule has 19 heavy (non-hydrogen) atoms. The molecule has 2 rings (SSSR count). The molecule has 0 heterocycles. The van der Waals surface area contributed by atoms with Gasteiger partial charge in [-0.05, 0) is 25.3 Å². The van der Waals surface area contributed by atoms with Crippen LogP contribution in [0.4, 0.5) is 8.78 Å². The molecule has 1 N–H and O–H groups in total. The molecule has 1 aromatic rings. The molecule has 0 saturated heterocycles. The number of alkyl halides is 2. The van der Waals surface area contributed by atoms with E-state index in [0.29, 0.717) is 18.2 Å². The average Bonchev–Trinajstić information content (AvgIpc) is 3.20. The highest BCUT2D eigenvalue weighted by Crippen LogP contribution is 2.26. The van der Waals surface area contributed by atoms with Crippen LogP contribution in [0.3, 0.4) is 0 Å². The number of hydrogen-bond acceptors (Lipinski definition) is 3. The van der Waals surface area contributed by atoms with Crippen LogP contribution in [0, 0.1) is 0 Å². The third kappa shape index (κ3) is 3.73. The number of hydrogen-bond donors (Lipinski definition) is 1. The van der Waals surface area contributed by atoms with Crippen LogP contribution >= 0.6 is 0 Å². The summed E-state index contributed by atoms with van der Waals surface area (Å²) >= 11 is 0. The molecule has 0 radical (unpaired) electrons. The van der Waals surface area contributed by atoms with Crippen molar-refractivity contribution >= 4 is 5.97 Å². The number of nitrogens with one attached hydrogen (secondary N) is 1. The predicted octanol–water partition coefficient (Wildman–Crippen LogP) is 2.98. The van der Waals surface area contributed by atoms with Crippen LogP contribution in [0.1, 0.15) is 43.4 Å². The molecule has 5 heteroatoms. The summed E-state index contributed by atoms with van der Waals surface area (Å²) in [6.07, 6.45) is -0.428. The molecule has 1 saturated carbocycles. The molecule has 1 fully saturated rings. The molecule has 0 aliphatic heterocycles. The summed E-state index contributed by atoms with van der Waals surface area (Å²) < 4.78 is 30.0. The minimum atomic E-state index is -2.49. The smallest absolute Gasteiger partial charge is 0.327 e. The lowest BCUT2D eigenvalue weighted by atomic mass is 10.0. The third-order valence-corrected chi connectivity index (χ3v) is 3.02. The largest absolute Gasteiger partial charge is 0.465 e. The Bertz CT molecular complexity index is 430. The van der Waals surface area contributed by atoms with Crippen molar-refractivity contribution < 1.29 is 18.3 Å². The van der Waals surface area contributed by atoms with E-state index in [1.807, 2.05) is 0 Å². The number of ether oxygens (including phenoxy) is 1. The molecular formula is C14H17F2NO2. The lowest BCUT2D eigenvalue weighted by Gasteiger charge is -2.17. The summed E-state index contributed by atoms with van der Waals surface area (Å²) in [4.78, 5) is 11.9. The van der Waals surface area contributed by atoms with Gasteiger partial charge in [-0.25, -0.2) is 13.6 Å². The van der Waals surface area contributed by atoms with E-state index < -0.39 is 12.5 Å². The Morgan fingerprint density at radius 2 is 1.89 bits per heavy atom. The highest BCUT2D eigenvalue weighted by atomic mass is 19.3. The van der Waals surface area contributed by atoms with Gasteiger partial charge in [0.2, 0.25) is 0 Å². The Kier molecular flexibility index (Phi) is 4.47. The Morgan fingerprint density at radius 3 is 2.37 bits per heavy atom. The summed E-state index contributed by atoms with van der Waals surface area (Å²) in [6.45, 7) is 2.04. The van der Waals surface area contributed by atoms with Crippen molar-refractivity contribution in [2.75, 3.05) is 6.61 Å². The first-order valence-electron chi connectivity index (χ1n) is 6.42. The molecule has 1 aliphatic carbocycles. The lowest BCUT2D eigenvalue weighted by molar-refractivity contribution is -0.145. The fourth-order valence-corrected chi connectivity index (χ4v) is 1.85. The first kappa shape index (κ1) is 13.9. The van der Waals surface area contributed by atoms with Crippen LogP contribution < -0.4 is 5.32 Å². The Hall–Kier alpha value is -1.49. The second-order valence-electron chi connectivity index (χ2n) is 4.59. The van der Waals surface area contributed by atoms with Gasteiger partial charge in [0.15, 0.2) is 0 Å². The average molecular weight is 269 g/mol. The Morgan fingerprint density at radius 1 is 1.32 bits per heavy atom. The van der Waals surface area contributed by atoms with Crippen LogP contribution in [-0.4, -0.2) is 18.6 Å². The summed E-state index contributed by atoms with van der Waals surface area (Å²) in [5, 5.41) is 3.18. The highest BCUT2D eigenvalue weighted by molar-refractivity contribution is 5.77. The molecule has 1 unspecified atom stereocenters. The molecule has 3 nitrogen and oxygen atoms in total. The van der Waals surface area contributed by atoms with E-state index in [0.717, 1.165) is 12.8 Å². The van der Waals surface area contributed by atoms with Crippen LogP contribution in [0.2, 0.25) is 0 Å². The van der Waals surface area contributed by atoms with Gasteiger partial charge < -0.3 is 4.74 Å². The first-order valence-corrected chi connectivity index (χ1v) is 6.42. The monoisotopic (exact) mass is 269 g/mol. The topological polar surface area (TPSA) is 38.3 Å². The predicted molar refractivity (Wildman–Crippen MR) is 66.9 cm³/mol. The molecule has 1 aromatic carbocycles. The maximum Gasteiger partial charge on any atom is 0.327 e. The van der Waals surface area contributed by atoms with Crippen LogP contribution in [-0.2, 0) is 9.53 Å². The molecular weight excluding hydrogens is 252 g/mol. The van der Waals surface area contributed by atoms with Crippen molar-refractivity contribution in [3.63, 3.8) is 0 Å². The van der Waals surface area contributed by atoms with Gasteiger partial charge in [0.25, 0.3) is 6.43 Å². The minimum absolute atomic E-state index is 0.0437. The van der Waals surface area contributed by atoms with E-state index in [2.05, 4.69) is 5.32 Å². The fourth-order valence-electron chi connectivity index (χ4n) is 1.85. The Labute approximate surface area is 111 Å². The SMILES string of the molecule is CCOC(=O)C(NC1CC1)c1ccc(C(F)F)cc1. The number of benzene rings is 1. The number of carbonyl (C=O) groups excluding carboxylic acids is 1. The van der Waals surface area contributed by atoms with Gasteiger partial charge in [0, 0.05) is 11.6 Å². The van der Waals surface area contributed by atoms with Crippen LogP contribution in [0.15, 0.2) is 24.3 Å². The normalized spacial score (nSPS) is 16.4. The molecule has 0 aromatic heterocycles. The summed E-state index contributed by atoms with van der Waals surface area (Å²) in [5.41, 5.74) is 0.618. The van der Waals surface area contributed by atoms with E-state index in [1.54, 1.807) is 19.1 Å². The molecule has 1 aliphatic rings. The van der Waals surface area contributed by atoms with Crippen LogP contribution in [0.25, 0.3) is 0 Å². The number of carbonyl (C=O) groups is 1. The van der Waals surface area contributed by atoms with Crippen molar-refractivity contribution in [2.45, 2.75) is 38.3 Å². The number of esters is 1. The van der Waals surface area contributed by atoms with Crippen LogP contribution in [0.5, 0.6) is 0 Å². The van der Waals surface area contributed by atoms with E-state index in [-0.39, 0.29) is 11.5 Å². The standard InChI is InChI=1S/C14H17F2NO2/c1-2-19-14(18)12(17-11-7-8-11)9-3-5-10(6-4-9)13(15)16/h3-6,11-13,17H,2,7-8H2,1H3. The fraction of sp³-hybridized carbons (Fsp3) is 0.500. The molecule has 0 spiro atoms. The van der Waals surface area contributed by atoms with Crippen molar-refractivity contribution in [2.24, 2.45) is 0 Å². The summed E-state index contributed by atoms with van der Waals surface area (Å²) in [7, 11) is 0. The zero-order valence-electron chi connectivity index (χ0n) is 10.7. The zero-order valence-corrected chi connectivity index (χ0v) is 10.7. The van der Waals surface area contributed by atoms with E-state index >= 15 is 0 Å². The maximum atomic E-state index is 12.5. The van der Waals surface area contributed by atoms with E-state index in [4.69, 9.17) is 4.74 Å². The second kappa shape index (κ2) is 6.10. The van der Waals surface area contributed by atoms with Gasteiger partial charge in [0.1, 0.15) is 6.04 Å². The third-order valence-electron chi connectivity index (χ3n) is 3.02.